The lowest BCUT2D eigenvalue weighted by Gasteiger charge is -2.12. The minimum atomic E-state index is -0.234. The molecule has 2 N–H and O–H groups in total. The highest BCUT2D eigenvalue weighted by molar-refractivity contribution is 5.91. The summed E-state index contributed by atoms with van der Waals surface area (Å²) in [6.45, 7) is 1.28. The molecule has 0 radical (unpaired) electrons. The Morgan fingerprint density at radius 3 is 2.59 bits per heavy atom. The second kappa shape index (κ2) is 9.80. The van der Waals surface area contributed by atoms with Crippen LogP contribution in [0.4, 0.5) is 10.2 Å². The summed E-state index contributed by atoms with van der Waals surface area (Å²) in [6, 6.07) is 6.43. The average molecular weight is 368 g/mol. The predicted octanol–water partition coefficient (Wildman–Crippen LogP) is 3.89. The van der Waals surface area contributed by atoms with Gasteiger partial charge in [-0.15, -0.1) is 0 Å². The first kappa shape index (κ1) is 19.0. The Morgan fingerprint density at radius 1 is 1.04 bits per heavy atom. The zero-order chi connectivity index (χ0) is 18.9. The molecule has 0 unspecified atom stereocenters. The maximum absolute atomic E-state index is 12.9. The number of carbonyl (C=O) groups is 1. The third-order valence-corrected chi connectivity index (χ3v) is 4.63. The molecule has 5 nitrogen and oxygen atoms in total. The van der Waals surface area contributed by atoms with E-state index in [4.69, 9.17) is 0 Å². The summed E-state index contributed by atoms with van der Waals surface area (Å²) in [5.41, 5.74) is 2.80. The Bertz CT molecular complexity index is 772. The van der Waals surface area contributed by atoms with Crippen molar-refractivity contribution in [1.29, 1.82) is 0 Å². The highest BCUT2D eigenvalue weighted by Crippen LogP contribution is 2.19. The Morgan fingerprint density at radius 2 is 1.89 bits per heavy atom. The number of halogens is 1. The smallest absolute Gasteiger partial charge is 0.271 e. The molecule has 142 valence electrons. The van der Waals surface area contributed by atoms with Crippen molar-refractivity contribution in [3.05, 3.63) is 65.4 Å². The van der Waals surface area contributed by atoms with Crippen LogP contribution in [0.1, 0.15) is 48.2 Å². The summed E-state index contributed by atoms with van der Waals surface area (Å²) in [4.78, 5) is 20.6. The zero-order valence-electron chi connectivity index (χ0n) is 15.4. The first-order valence-electron chi connectivity index (χ1n) is 9.47. The molecule has 3 rings (SSSR count). The van der Waals surface area contributed by atoms with E-state index in [2.05, 4.69) is 26.7 Å². The van der Waals surface area contributed by atoms with E-state index < -0.39 is 0 Å². The lowest BCUT2D eigenvalue weighted by molar-refractivity contribution is 0.0948. The molecule has 0 bridgehead atoms. The number of amides is 1. The first-order chi connectivity index (χ1) is 13.2. The Balaban J connectivity index is 1.40. The number of carbonyl (C=O) groups excluding carboxylic acids is 1. The van der Waals surface area contributed by atoms with Crippen molar-refractivity contribution in [2.75, 3.05) is 18.4 Å². The van der Waals surface area contributed by atoms with E-state index in [1.807, 2.05) is 0 Å². The Kier molecular flexibility index (Phi) is 6.90. The van der Waals surface area contributed by atoms with Gasteiger partial charge < -0.3 is 10.6 Å². The number of hydrogen-bond donors (Lipinski definition) is 2. The van der Waals surface area contributed by atoms with Gasteiger partial charge in [0.15, 0.2) is 0 Å². The van der Waals surface area contributed by atoms with E-state index in [1.54, 1.807) is 18.3 Å². The monoisotopic (exact) mass is 368 g/mol. The van der Waals surface area contributed by atoms with Crippen molar-refractivity contribution in [3.63, 3.8) is 0 Å². The molecule has 1 aliphatic carbocycles. The van der Waals surface area contributed by atoms with Gasteiger partial charge in [-0.05, 0) is 56.2 Å². The summed E-state index contributed by atoms with van der Waals surface area (Å²) in [5.74, 6) is 0.180. The van der Waals surface area contributed by atoms with Crippen molar-refractivity contribution in [2.24, 2.45) is 0 Å². The van der Waals surface area contributed by atoms with Gasteiger partial charge in [-0.1, -0.05) is 23.8 Å². The van der Waals surface area contributed by atoms with E-state index in [0.717, 1.165) is 31.2 Å². The van der Waals surface area contributed by atoms with Gasteiger partial charge >= 0.3 is 0 Å². The molecule has 27 heavy (non-hydrogen) atoms. The minimum absolute atomic E-state index is 0.197. The van der Waals surface area contributed by atoms with Crippen LogP contribution in [0, 0.1) is 5.82 Å². The molecule has 6 heteroatoms. The van der Waals surface area contributed by atoms with Crippen molar-refractivity contribution in [1.82, 2.24) is 15.3 Å². The highest BCUT2D eigenvalue weighted by atomic mass is 19.1. The van der Waals surface area contributed by atoms with Crippen LogP contribution in [0.2, 0.25) is 0 Å². The minimum Gasteiger partial charge on any atom is -0.368 e. The largest absolute Gasteiger partial charge is 0.368 e. The molecule has 0 saturated heterocycles. The summed E-state index contributed by atoms with van der Waals surface area (Å²) in [7, 11) is 0. The number of nitrogens with zero attached hydrogens (tertiary/aromatic N) is 2. The third kappa shape index (κ3) is 6.16. The van der Waals surface area contributed by atoms with Crippen LogP contribution in [-0.2, 0) is 6.42 Å². The Hall–Kier alpha value is -2.76. The van der Waals surface area contributed by atoms with Crippen LogP contribution < -0.4 is 10.6 Å². The van der Waals surface area contributed by atoms with E-state index in [9.17, 15) is 9.18 Å². The van der Waals surface area contributed by atoms with Gasteiger partial charge in [0, 0.05) is 13.1 Å². The summed E-state index contributed by atoms with van der Waals surface area (Å²) < 4.78 is 12.9. The molecule has 1 aromatic carbocycles. The molecule has 1 amide bonds. The van der Waals surface area contributed by atoms with Gasteiger partial charge in [0.05, 0.1) is 12.4 Å². The molecule has 0 aliphatic heterocycles. The molecule has 0 saturated carbocycles. The molecule has 1 heterocycles. The second-order valence-corrected chi connectivity index (χ2v) is 6.70. The zero-order valence-corrected chi connectivity index (χ0v) is 15.4. The third-order valence-electron chi connectivity index (χ3n) is 4.63. The highest BCUT2D eigenvalue weighted by Gasteiger charge is 2.09. The van der Waals surface area contributed by atoms with Crippen LogP contribution in [0.3, 0.4) is 0 Å². The SMILES string of the molecule is O=C(NCCC1=CCCCC1)c1cnc(NCCc2ccc(F)cc2)cn1. The van der Waals surface area contributed by atoms with Crippen molar-refractivity contribution < 1.29 is 9.18 Å². The number of aromatic nitrogens is 2. The number of rotatable bonds is 8. The quantitative estimate of drug-likeness (QED) is 0.694. The maximum Gasteiger partial charge on any atom is 0.271 e. The second-order valence-electron chi connectivity index (χ2n) is 6.70. The molecule has 0 atom stereocenters. The molecular weight excluding hydrogens is 343 g/mol. The summed E-state index contributed by atoms with van der Waals surface area (Å²) in [6.07, 6.45) is 11.8. The van der Waals surface area contributed by atoms with Gasteiger partial charge in [0.1, 0.15) is 17.3 Å². The number of anilines is 1. The molecular formula is C21H25FN4O. The molecule has 1 aromatic heterocycles. The van der Waals surface area contributed by atoms with Crippen LogP contribution in [0.25, 0.3) is 0 Å². The normalized spacial score (nSPS) is 13.7. The predicted molar refractivity (Wildman–Crippen MR) is 104 cm³/mol. The lowest BCUT2D eigenvalue weighted by Crippen LogP contribution is -2.26. The van der Waals surface area contributed by atoms with Crippen molar-refractivity contribution in [2.45, 2.75) is 38.5 Å². The first-order valence-corrected chi connectivity index (χ1v) is 9.47. The number of benzene rings is 1. The van der Waals surface area contributed by atoms with Gasteiger partial charge in [-0.25, -0.2) is 14.4 Å². The van der Waals surface area contributed by atoms with Gasteiger partial charge in [-0.3, -0.25) is 4.79 Å². The molecule has 0 spiro atoms. The van der Waals surface area contributed by atoms with E-state index >= 15 is 0 Å². The van der Waals surface area contributed by atoms with E-state index in [-0.39, 0.29) is 11.7 Å². The van der Waals surface area contributed by atoms with E-state index in [0.29, 0.717) is 24.6 Å². The van der Waals surface area contributed by atoms with Crippen molar-refractivity contribution >= 4 is 11.7 Å². The fourth-order valence-corrected chi connectivity index (χ4v) is 3.08. The number of nitrogens with one attached hydrogen (secondary N) is 2. The van der Waals surface area contributed by atoms with Gasteiger partial charge in [0.2, 0.25) is 0 Å². The van der Waals surface area contributed by atoms with Crippen LogP contribution >= 0.6 is 0 Å². The topological polar surface area (TPSA) is 66.9 Å². The lowest BCUT2D eigenvalue weighted by atomic mass is 9.97. The summed E-state index contributed by atoms with van der Waals surface area (Å²) in [5, 5.41) is 6.06. The molecule has 0 fully saturated rings. The summed E-state index contributed by atoms with van der Waals surface area (Å²) >= 11 is 0. The van der Waals surface area contributed by atoms with Crippen LogP contribution in [0.15, 0.2) is 48.3 Å². The van der Waals surface area contributed by atoms with Crippen molar-refractivity contribution in [3.8, 4) is 0 Å². The van der Waals surface area contributed by atoms with Crippen LogP contribution in [0.5, 0.6) is 0 Å². The number of hydrogen-bond acceptors (Lipinski definition) is 4. The fourth-order valence-electron chi connectivity index (χ4n) is 3.08. The van der Waals surface area contributed by atoms with Gasteiger partial charge in [-0.2, -0.15) is 0 Å². The standard InChI is InChI=1S/C21H25FN4O/c22-18-8-6-17(7-9-18)10-12-23-20-15-25-19(14-26-20)21(27)24-13-11-16-4-2-1-3-5-16/h4,6-9,14-15H,1-3,5,10-13H2,(H,23,26)(H,24,27). The maximum atomic E-state index is 12.9. The average Bonchev–Trinajstić information content (AvgIpc) is 2.71. The number of allylic oxidation sites excluding steroid dienone is 1. The molecule has 2 aromatic rings. The van der Waals surface area contributed by atoms with E-state index in [1.165, 1.54) is 36.7 Å². The van der Waals surface area contributed by atoms with Crippen LogP contribution in [-0.4, -0.2) is 29.0 Å². The Labute approximate surface area is 159 Å². The fraction of sp³-hybridized carbons (Fsp3) is 0.381. The van der Waals surface area contributed by atoms with Gasteiger partial charge in [0.25, 0.3) is 5.91 Å². The molecule has 1 aliphatic rings.